The number of hydrogen-bond donors (Lipinski definition) is 1. The number of amides is 2. The molecular formula is C27H26N2O5. The van der Waals surface area contributed by atoms with Crippen LogP contribution < -0.4 is 19.5 Å². The maximum absolute atomic E-state index is 13.9. The smallest absolute Gasteiger partial charge is 0.254 e. The summed E-state index contributed by atoms with van der Waals surface area (Å²) >= 11 is 0. The number of nitrogens with zero attached hydrogens (tertiary/aromatic N) is 1. The summed E-state index contributed by atoms with van der Waals surface area (Å²) in [7, 11) is 4.59. The summed E-state index contributed by atoms with van der Waals surface area (Å²) in [5, 5.41) is 3.04. The topological polar surface area (TPSA) is 77.1 Å². The van der Waals surface area contributed by atoms with Crippen LogP contribution in [0.4, 0.5) is 5.69 Å². The largest absolute Gasteiger partial charge is 0.493 e. The Morgan fingerprint density at radius 1 is 0.912 bits per heavy atom. The molecule has 2 heterocycles. The SMILES string of the molecule is COc1cc(NC(=O)[C@@H]2c3ccccc3C(=O)N3CCc4ccccc4[C@@H]23)cc(OC)c1OC. The number of anilines is 1. The molecule has 174 valence electrons. The second-order valence-corrected chi connectivity index (χ2v) is 8.36. The van der Waals surface area contributed by atoms with Crippen LogP contribution in [0.5, 0.6) is 17.2 Å². The van der Waals surface area contributed by atoms with Gasteiger partial charge in [-0.15, -0.1) is 0 Å². The van der Waals surface area contributed by atoms with Crippen LogP contribution in [0.3, 0.4) is 0 Å². The van der Waals surface area contributed by atoms with Gasteiger partial charge in [0, 0.05) is 29.9 Å². The molecular weight excluding hydrogens is 432 g/mol. The van der Waals surface area contributed by atoms with Crippen LogP contribution in [0.25, 0.3) is 0 Å². The summed E-state index contributed by atoms with van der Waals surface area (Å²) in [4.78, 5) is 29.1. The number of rotatable bonds is 5. The van der Waals surface area contributed by atoms with E-state index in [1.807, 2.05) is 41.3 Å². The first-order chi connectivity index (χ1) is 16.6. The predicted octanol–water partition coefficient (Wildman–Crippen LogP) is 4.19. The molecule has 0 fully saturated rings. The lowest BCUT2D eigenvalue weighted by atomic mass is 9.76. The number of benzene rings is 3. The standard InChI is InChI=1S/C27H26N2O5/c1-32-21-14-17(15-22(33-2)25(21)34-3)28-26(30)23-19-10-6-7-11-20(19)27(31)29-13-12-16-8-4-5-9-18(16)24(23)29/h4-11,14-15,23-24H,12-13H2,1-3H3,(H,28,30)/t23-,24+/m1/s1. The highest BCUT2D eigenvalue weighted by atomic mass is 16.5. The second-order valence-electron chi connectivity index (χ2n) is 8.36. The van der Waals surface area contributed by atoms with E-state index in [-0.39, 0.29) is 17.9 Å². The molecule has 0 bridgehead atoms. The van der Waals surface area contributed by atoms with Gasteiger partial charge in [-0.05, 0) is 29.2 Å². The Bertz CT molecular complexity index is 1250. The number of carbonyl (C=O) groups excluding carboxylic acids is 2. The zero-order valence-corrected chi connectivity index (χ0v) is 19.3. The van der Waals surface area contributed by atoms with Gasteiger partial charge in [-0.2, -0.15) is 0 Å². The lowest BCUT2D eigenvalue weighted by Crippen LogP contribution is -2.49. The summed E-state index contributed by atoms with van der Waals surface area (Å²) in [6, 6.07) is 18.5. The molecule has 7 nitrogen and oxygen atoms in total. The molecule has 0 saturated carbocycles. The van der Waals surface area contributed by atoms with Crippen molar-refractivity contribution < 1.29 is 23.8 Å². The number of fused-ring (bicyclic) bond motifs is 4. The number of nitrogens with one attached hydrogen (secondary N) is 1. The van der Waals surface area contributed by atoms with Gasteiger partial charge in [-0.25, -0.2) is 0 Å². The van der Waals surface area contributed by atoms with Gasteiger partial charge in [-0.3, -0.25) is 9.59 Å². The van der Waals surface area contributed by atoms with E-state index in [1.54, 1.807) is 18.2 Å². The van der Waals surface area contributed by atoms with Crippen molar-refractivity contribution in [2.24, 2.45) is 0 Å². The minimum absolute atomic E-state index is 0.0352. The molecule has 0 radical (unpaired) electrons. The van der Waals surface area contributed by atoms with Crippen molar-refractivity contribution in [3.05, 3.63) is 82.9 Å². The minimum Gasteiger partial charge on any atom is -0.493 e. The molecule has 5 rings (SSSR count). The molecule has 2 amide bonds. The van der Waals surface area contributed by atoms with Gasteiger partial charge in [0.05, 0.1) is 33.3 Å². The van der Waals surface area contributed by atoms with Gasteiger partial charge in [0.2, 0.25) is 11.7 Å². The van der Waals surface area contributed by atoms with Crippen molar-refractivity contribution in [3.63, 3.8) is 0 Å². The third-order valence-corrected chi connectivity index (χ3v) is 6.65. The van der Waals surface area contributed by atoms with Crippen LogP contribution >= 0.6 is 0 Å². The average Bonchev–Trinajstić information content (AvgIpc) is 2.88. The first kappa shape index (κ1) is 21.8. The Balaban J connectivity index is 1.60. The highest BCUT2D eigenvalue weighted by molar-refractivity contribution is 6.04. The number of ether oxygens (including phenoxy) is 3. The molecule has 0 unspecified atom stereocenters. The molecule has 0 aliphatic carbocycles. The van der Waals surface area contributed by atoms with E-state index in [9.17, 15) is 9.59 Å². The van der Waals surface area contributed by atoms with Gasteiger partial charge in [0.1, 0.15) is 0 Å². The van der Waals surface area contributed by atoms with E-state index in [0.29, 0.717) is 35.0 Å². The van der Waals surface area contributed by atoms with Crippen LogP contribution in [0.2, 0.25) is 0 Å². The monoisotopic (exact) mass is 458 g/mol. The van der Waals surface area contributed by atoms with E-state index < -0.39 is 5.92 Å². The molecule has 3 aromatic carbocycles. The lowest BCUT2D eigenvalue weighted by molar-refractivity contribution is -0.119. The first-order valence-electron chi connectivity index (χ1n) is 11.2. The molecule has 2 aliphatic heterocycles. The predicted molar refractivity (Wildman–Crippen MR) is 128 cm³/mol. The van der Waals surface area contributed by atoms with Gasteiger partial charge in [-0.1, -0.05) is 42.5 Å². The van der Waals surface area contributed by atoms with Gasteiger partial charge in [0.25, 0.3) is 5.91 Å². The number of carbonyl (C=O) groups is 2. The van der Waals surface area contributed by atoms with Crippen LogP contribution in [-0.4, -0.2) is 44.6 Å². The van der Waals surface area contributed by atoms with Crippen LogP contribution in [0, 0.1) is 0 Å². The maximum Gasteiger partial charge on any atom is 0.254 e. The maximum atomic E-state index is 13.9. The summed E-state index contributed by atoms with van der Waals surface area (Å²) in [5.41, 5.74) is 4.01. The normalized spacial score (nSPS) is 18.3. The fraction of sp³-hybridized carbons (Fsp3) is 0.259. The average molecular weight is 459 g/mol. The third kappa shape index (κ3) is 3.44. The molecule has 7 heteroatoms. The Hall–Kier alpha value is -4.00. The molecule has 34 heavy (non-hydrogen) atoms. The molecule has 0 saturated heterocycles. The molecule has 2 atom stereocenters. The Kier molecular flexibility index (Phi) is 5.61. The van der Waals surface area contributed by atoms with E-state index in [4.69, 9.17) is 14.2 Å². The van der Waals surface area contributed by atoms with Crippen LogP contribution in [0.1, 0.15) is 39.0 Å². The molecule has 2 aliphatic rings. The Morgan fingerprint density at radius 2 is 1.56 bits per heavy atom. The number of hydrogen-bond acceptors (Lipinski definition) is 5. The molecule has 1 N–H and O–H groups in total. The quantitative estimate of drug-likeness (QED) is 0.621. The van der Waals surface area contributed by atoms with Crippen molar-refractivity contribution in [1.82, 2.24) is 4.90 Å². The summed E-state index contributed by atoms with van der Waals surface area (Å²) in [6.07, 6.45) is 0.766. The van der Waals surface area contributed by atoms with Gasteiger partial charge < -0.3 is 24.4 Å². The molecule has 0 aromatic heterocycles. The zero-order chi connectivity index (χ0) is 23.8. The fourth-order valence-corrected chi connectivity index (χ4v) is 5.13. The van der Waals surface area contributed by atoms with Crippen LogP contribution in [-0.2, 0) is 11.2 Å². The third-order valence-electron chi connectivity index (χ3n) is 6.65. The Labute approximate surface area is 198 Å². The highest BCUT2D eigenvalue weighted by Gasteiger charge is 2.46. The molecule has 3 aromatic rings. The summed E-state index contributed by atoms with van der Waals surface area (Å²) < 4.78 is 16.3. The summed E-state index contributed by atoms with van der Waals surface area (Å²) in [5.74, 6) is 0.522. The van der Waals surface area contributed by atoms with Crippen LogP contribution in [0.15, 0.2) is 60.7 Å². The number of methoxy groups -OCH3 is 3. The van der Waals surface area contributed by atoms with Crippen molar-refractivity contribution in [1.29, 1.82) is 0 Å². The highest BCUT2D eigenvalue weighted by Crippen LogP contribution is 2.47. The van der Waals surface area contributed by atoms with Gasteiger partial charge in [0.15, 0.2) is 11.5 Å². The zero-order valence-electron chi connectivity index (χ0n) is 19.3. The Morgan fingerprint density at radius 3 is 2.24 bits per heavy atom. The first-order valence-corrected chi connectivity index (χ1v) is 11.2. The van der Waals surface area contributed by atoms with E-state index in [1.165, 1.54) is 26.9 Å². The van der Waals surface area contributed by atoms with E-state index in [2.05, 4.69) is 11.4 Å². The second kappa shape index (κ2) is 8.74. The minimum atomic E-state index is -0.575. The fourth-order valence-electron chi connectivity index (χ4n) is 5.13. The van der Waals surface area contributed by atoms with Crippen molar-refractivity contribution in [3.8, 4) is 17.2 Å². The summed E-state index contributed by atoms with van der Waals surface area (Å²) in [6.45, 7) is 0.572. The molecule has 0 spiro atoms. The van der Waals surface area contributed by atoms with Crippen molar-refractivity contribution >= 4 is 17.5 Å². The van der Waals surface area contributed by atoms with E-state index in [0.717, 1.165) is 17.5 Å². The van der Waals surface area contributed by atoms with E-state index >= 15 is 0 Å². The lowest BCUT2D eigenvalue weighted by Gasteiger charge is -2.45. The van der Waals surface area contributed by atoms with Crippen molar-refractivity contribution in [2.45, 2.75) is 18.4 Å². The van der Waals surface area contributed by atoms with Gasteiger partial charge >= 0.3 is 0 Å². The van der Waals surface area contributed by atoms with Crippen molar-refractivity contribution in [2.75, 3.05) is 33.2 Å².